The van der Waals surface area contributed by atoms with Gasteiger partial charge < -0.3 is 23.7 Å². The smallest absolute Gasteiger partial charge is 0.315 e. The van der Waals surface area contributed by atoms with Crippen molar-refractivity contribution >= 4 is 5.97 Å². The number of ether oxygens (including phenoxy) is 5. The number of rotatable bonds is 5. The number of fused-ring (bicyclic) bond motifs is 6. The first-order chi connectivity index (χ1) is 14.3. The molecular formula is C24H38O6. The number of carbonyl (C=O) groups is 1. The average Bonchev–Trinajstić information content (AvgIpc) is 3.29. The van der Waals surface area contributed by atoms with E-state index in [9.17, 15) is 4.79 Å². The Morgan fingerprint density at radius 1 is 1.07 bits per heavy atom. The van der Waals surface area contributed by atoms with Crippen molar-refractivity contribution in [3.8, 4) is 0 Å². The maximum atomic E-state index is 13.2. The predicted octanol–water partition coefficient (Wildman–Crippen LogP) is 3.73. The zero-order valence-corrected chi connectivity index (χ0v) is 19.5. The van der Waals surface area contributed by atoms with Gasteiger partial charge in [0, 0.05) is 26.7 Å². The lowest BCUT2D eigenvalue weighted by molar-refractivity contribution is -0.195. The molecule has 4 rings (SSSR count). The average molecular weight is 423 g/mol. The zero-order chi connectivity index (χ0) is 21.8. The highest BCUT2D eigenvalue weighted by atomic mass is 16.7. The third-order valence-corrected chi connectivity index (χ3v) is 8.82. The molecule has 8 atom stereocenters. The first kappa shape index (κ1) is 22.3. The predicted molar refractivity (Wildman–Crippen MR) is 112 cm³/mol. The van der Waals surface area contributed by atoms with Crippen molar-refractivity contribution in [2.75, 3.05) is 28.4 Å². The molecule has 0 unspecified atom stereocenters. The molecule has 3 fully saturated rings. The minimum Gasteiger partial charge on any atom is -0.468 e. The summed E-state index contributed by atoms with van der Waals surface area (Å²) in [5, 5.41) is 0. The highest BCUT2D eigenvalue weighted by molar-refractivity contribution is 5.82. The summed E-state index contributed by atoms with van der Waals surface area (Å²) in [4.78, 5) is 13.2. The molecule has 3 aliphatic carbocycles. The van der Waals surface area contributed by atoms with Crippen molar-refractivity contribution in [2.24, 2.45) is 28.6 Å². The quantitative estimate of drug-likeness (QED) is 0.497. The first-order valence-corrected chi connectivity index (χ1v) is 11.3. The van der Waals surface area contributed by atoms with Crippen molar-refractivity contribution in [2.45, 2.75) is 77.5 Å². The Hall–Kier alpha value is -0.950. The SMILES string of the molecule is COC(=O)[C@]12CCC(C(C)C)=C1[C@H]1C[C@H](OC)[C@H]3[C@@H](OC)O[C@H]([C@H]3OC)[C@]1(C)CC2. The zero-order valence-electron chi connectivity index (χ0n) is 19.5. The lowest BCUT2D eigenvalue weighted by Gasteiger charge is -2.52. The lowest BCUT2D eigenvalue weighted by atomic mass is 9.53. The fourth-order valence-corrected chi connectivity index (χ4v) is 7.29. The summed E-state index contributed by atoms with van der Waals surface area (Å²) in [6.45, 7) is 6.81. The van der Waals surface area contributed by atoms with Crippen LogP contribution in [-0.2, 0) is 28.5 Å². The Bertz CT molecular complexity index is 716. The van der Waals surface area contributed by atoms with Gasteiger partial charge in [-0.15, -0.1) is 0 Å². The second-order valence-corrected chi connectivity index (χ2v) is 10.2. The Balaban J connectivity index is 1.88. The Labute approximate surface area is 180 Å². The van der Waals surface area contributed by atoms with E-state index in [0.29, 0.717) is 5.92 Å². The summed E-state index contributed by atoms with van der Waals surface area (Å²) in [6, 6.07) is 0. The van der Waals surface area contributed by atoms with Gasteiger partial charge in [0.1, 0.15) is 0 Å². The summed E-state index contributed by atoms with van der Waals surface area (Å²) in [5.74, 6) is 0.536. The number of carbonyl (C=O) groups excluding carboxylic acids is 1. The fraction of sp³-hybridized carbons (Fsp3) is 0.875. The Kier molecular flexibility index (Phi) is 5.84. The van der Waals surface area contributed by atoms with Crippen molar-refractivity contribution in [3.05, 3.63) is 11.1 Å². The van der Waals surface area contributed by atoms with Gasteiger partial charge in [-0.05, 0) is 49.5 Å². The molecule has 1 saturated heterocycles. The normalized spacial score (nSPS) is 45.3. The van der Waals surface area contributed by atoms with E-state index < -0.39 is 5.41 Å². The molecule has 1 aliphatic heterocycles. The molecule has 4 aliphatic rings. The highest BCUT2D eigenvalue weighted by Crippen LogP contribution is 2.66. The molecule has 0 radical (unpaired) electrons. The molecule has 0 spiro atoms. The molecule has 30 heavy (non-hydrogen) atoms. The van der Waals surface area contributed by atoms with Crippen molar-refractivity contribution in [1.29, 1.82) is 0 Å². The third kappa shape index (κ3) is 2.86. The molecule has 170 valence electrons. The minimum absolute atomic E-state index is 0.00875. The maximum Gasteiger partial charge on any atom is 0.315 e. The molecule has 6 nitrogen and oxygen atoms in total. The van der Waals surface area contributed by atoms with Crippen LogP contribution in [0.25, 0.3) is 0 Å². The van der Waals surface area contributed by atoms with Gasteiger partial charge in [-0.25, -0.2) is 0 Å². The number of methoxy groups -OCH3 is 4. The van der Waals surface area contributed by atoms with Crippen LogP contribution in [0.15, 0.2) is 11.1 Å². The van der Waals surface area contributed by atoms with Crippen LogP contribution in [0.1, 0.15) is 52.9 Å². The molecule has 1 heterocycles. The van der Waals surface area contributed by atoms with Crippen LogP contribution in [0.5, 0.6) is 0 Å². The van der Waals surface area contributed by atoms with Crippen LogP contribution in [0.4, 0.5) is 0 Å². The van der Waals surface area contributed by atoms with Crippen molar-refractivity contribution in [3.63, 3.8) is 0 Å². The largest absolute Gasteiger partial charge is 0.468 e. The molecule has 2 bridgehead atoms. The summed E-state index contributed by atoms with van der Waals surface area (Å²) in [5.41, 5.74) is 2.10. The molecule has 2 saturated carbocycles. The number of hydrogen-bond acceptors (Lipinski definition) is 6. The third-order valence-electron chi connectivity index (χ3n) is 8.82. The van der Waals surface area contributed by atoms with Crippen LogP contribution in [-0.4, -0.2) is 59.0 Å². The van der Waals surface area contributed by atoms with Gasteiger partial charge in [0.25, 0.3) is 0 Å². The summed E-state index contributed by atoms with van der Waals surface area (Å²) >= 11 is 0. The highest BCUT2D eigenvalue weighted by Gasteiger charge is 2.67. The van der Waals surface area contributed by atoms with E-state index >= 15 is 0 Å². The number of esters is 1. The molecule has 0 aromatic rings. The van der Waals surface area contributed by atoms with Crippen LogP contribution >= 0.6 is 0 Å². The van der Waals surface area contributed by atoms with E-state index in [2.05, 4.69) is 20.8 Å². The van der Waals surface area contributed by atoms with Gasteiger partial charge in [0.15, 0.2) is 6.29 Å². The summed E-state index contributed by atoms with van der Waals surface area (Å²) in [6.07, 6.45) is 3.78. The van der Waals surface area contributed by atoms with Crippen LogP contribution in [0.2, 0.25) is 0 Å². The standard InChI is InChI=1S/C24H38O6/c1-13(2)14-8-9-24(22(25)29-7)11-10-23(3)15(18(14)24)12-16(26-4)17-19(27-5)20(23)30-21(17)28-6/h13,15-17,19-21H,8-12H2,1-7H3/t15-,16+,17-,19+,20-,21+,23-,24+/m1/s1. The first-order valence-electron chi connectivity index (χ1n) is 11.3. The van der Waals surface area contributed by atoms with Crippen molar-refractivity contribution < 1.29 is 28.5 Å². The summed E-state index contributed by atoms with van der Waals surface area (Å²) < 4.78 is 29.7. The van der Waals surface area contributed by atoms with Crippen LogP contribution < -0.4 is 0 Å². The van der Waals surface area contributed by atoms with E-state index in [1.165, 1.54) is 18.3 Å². The molecule has 0 amide bonds. The second-order valence-electron chi connectivity index (χ2n) is 10.2. The molecular weight excluding hydrogens is 384 g/mol. The van der Waals surface area contributed by atoms with E-state index in [1.807, 2.05) is 0 Å². The minimum atomic E-state index is -0.496. The topological polar surface area (TPSA) is 63.2 Å². The van der Waals surface area contributed by atoms with E-state index in [4.69, 9.17) is 23.7 Å². The monoisotopic (exact) mass is 422 g/mol. The second kappa shape index (κ2) is 7.88. The summed E-state index contributed by atoms with van der Waals surface area (Å²) in [7, 11) is 6.75. The Morgan fingerprint density at radius 2 is 1.80 bits per heavy atom. The van der Waals surface area contributed by atoms with Gasteiger partial charge in [-0.1, -0.05) is 26.3 Å². The maximum absolute atomic E-state index is 13.2. The van der Waals surface area contributed by atoms with Gasteiger partial charge in [0.05, 0.1) is 36.8 Å². The number of hydrogen-bond donors (Lipinski definition) is 0. The van der Waals surface area contributed by atoms with E-state index in [0.717, 1.165) is 32.1 Å². The van der Waals surface area contributed by atoms with Gasteiger partial charge in [0.2, 0.25) is 0 Å². The van der Waals surface area contributed by atoms with Gasteiger partial charge in [-0.2, -0.15) is 0 Å². The molecule has 0 aromatic heterocycles. The molecule has 0 N–H and O–H groups in total. The van der Waals surface area contributed by atoms with Gasteiger partial charge in [-0.3, -0.25) is 4.79 Å². The van der Waals surface area contributed by atoms with Crippen LogP contribution in [0, 0.1) is 28.6 Å². The van der Waals surface area contributed by atoms with Crippen LogP contribution in [0.3, 0.4) is 0 Å². The van der Waals surface area contributed by atoms with Crippen molar-refractivity contribution in [1.82, 2.24) is 0 Å². The number of allylic oxidation sites excluding steroid dienone is 1. The van der Waals surface area contributed by atoms with E-state index in [1.54, 1.807) is 21.3 Å². The molecule has 6 heteroatoms. The molecule has 0 aromatic carbocycles. The van der Waals surface area contributed by atoms with E-state index in [-0.39, 0.29) is 47.8 Å². The fourth-order valence-electron chi connectivity index (χ4n) is 7.29. The van der Waals surface area contributed by atoms with Gasteiger partial charge >= 0.3 is 5.97 Å². The lowest BCUT2D eigenvalue weighted by Crippen LogP contribution is -2.52. The Morgan fingerprint density at radius 3 is 2.37 bits per heavy atom.